The first kappa shape index (κ1) is 14.5. The molecule has 4 heteroatoms. The van der Waals surface area contributed by atoms with Crippen molar-refractivity contribution in [3.05, 3.63) is 29.8 Å². The molecule has 106 valence electrons. The summed E-state index contributed by atoms with van der Waals surface area (Å²) in [6.07, 6.45) is 2.37. The van der Waals surface area contributed by atoms with Crippen molar-refractivity contribution in [2.75, 3.05) is 25.2 Å². The summed E-state index contributed by atoms with van der Waals surface area (Å²) in [6.45, 7) is 2.85. The Kier molecular flexibility index (Phi) is 5.40. The first-order chi connectivity index (χ1) is 9.22. The highest BCUT2D eigenvalue weighted by Gasteiger charge is 2.29. The van der Waals surface area contributed by atoms with E-state index in [0.717, 1.165) is 23.8 Å². The Balaban J connectivity index is 1.69. The van der Waals surface area contributed by atoms with Gasteiger partial charge in [-0.2, -0.15) is 0 Å². The monoisotopic (exact) mass is 281 g/mol. The third-order valence-corrected chi connectivity index (χ3v) is 5.11. The second kappa shape index (κ2) is 7.06. The molecule has 0 aromatic heterocycles. The van der Waals surface area contributed by atoms with E-state index in [2.05, 4.69) is 17.4 Å². The van der Waals surface area contributed by atoms with Crippen molar-refractivity contribution in [2.24, 2.45) is 0 Å². The average Bonchev–Trinajstić information content (AvgIpc) is 2.41. The Morgan fingerprint density at radius 2 is 2.00 bits per heavy atom. The van der Waals surface area contributed by atoms with Gasteiger partial charge in [-0.05, 0) is 36.5 Å². The molecular weight excluding hydrogens is 258 g/mol. The maximum Gasteiger partial charge on any atom is 0.118 e. The number of methoxy groups -OCH3 is 1. The van der Waals surface area contributed by atoms with Crippen molar-refractivity contribution >= 4 is 10.8 Å². The van der Waals surface area contributed by atoms with E-state index < -0.39 is 10.8 Å². The molecule has 0 heterocycles. The van der Waals surface area contributed by atoms with Crippen molar-refractivity contribution < 1.29 is 8.95 Å². The van der Waals surface area contributed by atoms with Crippen molar-refractivity contribution in [2.45, 2.75) is 31.7 Å². The van der Waals surface area contributed by atoms with E-state index in [9.17, 15) is 4.21 Å². The zero-order chi connectivity index (χ0) is 13.7. The molecule has 1 N–H and O–H groups in total. The molecule has 1 saturated carbocycles. The highest BCUT2D eigenvalue weighted by atomic mass is 32.2. The standard InChI is InChI=1S/C15H23NO2S/c1-3-19(17)9-8-16-14-10-13(11-14)12-4-6-15(18-2)7-5-12/h4-7,13-14,16H,3,8-11H2,1-2H3. The molecule has 19 heavy (non-hydrogen) atoms. The number of ether oxygens (including phenoxy) is 1. The number of benzene rings is 1. The van der Waals surface area contributed by atoms with Crippen LogP contribution in [0.4, 0.5) is 0 Å². The maximum atomic E-state index is 11.3. The minimum atomic E-state index is -0.646. The van der Waals surface area contributed by atoms with Crippen molar-refractivity contribution in [3.8, 4) is 5.75 Å². The largest absolute Gasteiger partial charge is 0.497 e. The molecule has 1 atom stereocenters. The maximum absolute atomic E-state index is 11.3. The number of hydrogen-bond donors (Lipinski definition) is 1. The van der Waals surface area contributed by atoms with Crippen molar-refractivity contribution in [1.82, 2.24) is 5.32 Å². The van der Waals surface area contributed by atoms with Gasteiger partial charge in [-0.3, -0.25) is 4.21 Å². The fraction of sp³-hybridized carbons (Fsp3) is 0.600. The third-order valence-electron chi connectivity index (χ3n) is 3.81. The highest BCUT2D eigenvalue weighted by molar-refractivity contribution is 7.84. The van der Waals surface area contributed by atoms with Crippen molar-refractivity contribution in [3.63, 3.8) is 0 Å². The zero-order valence-corrected chi connectivity index (χ0v) is 12.5. The van der Waals surface area contributed by atoms with E-state index in [1.165, 1.54) is 18.4 Å². The molecule has 1 aliphatic carbocycles. The lowest BCUT2D eigenvalue weighted by molar-refractivity contribution is 0.296. The van der Waals surface area contributed by atoms with Gasteiger partial charge in [0.25, 0.3) is 0 Å². The predicted molar refractivity (Wildman–Crippen MR) is 80.3 cm³/mol. The Morgan fingerprint density at radius 1 is 1.32 bits per heavy atom. The van der Waals surface area contributed by atoms with E-state index in [1.807, 2.05) is 19.1 Å². The van der Waals surface area contributed by atoms with Gasteiger partial charge in [0.1, 0.15) is 5.75 Å². The van der Waals surface area contributed by atoms with Gasteiger partial charge in [-0.25, -0.2) is 0 Å². The van der Waals surface area contributed by atoms with Crippen LogP contribution in [-0.2, 0) is 10.8 Å². The van der Waals surface area contributed by atoms with E-state index in [1.54, 1.807) is 7.11 Å². The molecule has 0 bridgehead atoms. The second-order valence-corrected chi connectivity index (χ2v) is 6.89. The van der Waals surface area contributed by atoms with Gasteiger partial charge in [-0.1, -0.05) is 19.1 Å². The van der Waals surface area contributed by atoms with E-state index in [0.29, 0.717) is 12.0 Å². The Hall–Kier alpha value is -0.870. The zero-order valence-electron chi connectivity index (χ0n) is 11.7. The lowest BCUT2D eigenvalue weighted by atomic mass is 9.76. The smallest absolute Gasteiger partial charge is 0.118 e. The topological polar surface area (TPSA) is 38.3 Å². The van der Waals surface area contributed by atoms with Gasteiger partial charge in [0, 0.05) is 34.9 Å². The van der Waals surface area contributed by atoms with Gasteiger partial charge >= 0.3 is 0 Å². The summed E-state index contributed by atoms with van der Waals surface area (Å²) >= 11 is 0. The fourth-order valence-corrected chi connectivity index (χ4v) is 3.09. The number of hydrogen-bond acceptors (Lipinski definition) is 3. The van der Waals surface area contributed by atoms with Crippen LogP contribution in [0.3, 0.4) is 0 Å². The first-order valence-corrected chi connectivity index (χ1v) is 8.44. The van der Waals surface area contributed by atoms with E-state index >= 15 is 0 Å². The summed E-state index contributed by atoms with van der Waals surface area (Å²) in [6, 6.07) is 8.97. The van der Waals surface area contributed by atoms with Crippen LogP contribution in [0.2, 0.25) is 0 Å². The molecule has 0 spiro atoms. The minimum absolute atomic E-state index is 0.598. The fourth-order valence-electron chi connectivity index (χ4n) is 2.45. The van der Waals surface area contributed by atoms with Crippen LogP contribution < -0.4 is 10.1 Å². The van der Waals surface area contributed by atoms with Gasteiger partial charge in [0.2, 0.25) is 0 Å². The van der Waals surface area contributed by atoms with Crippen LogP contribution in [0.5, 0.6) is 5.75 Å². The highest BCUT2D eigenvalue weighted by Crippen LogP contribution is 2.37. The SMILES string of the molecule is CCS(=O)CCNC1CC(c2ccc(OC)cc2)C1. The molecule has 1 aliphatic rings. The number of nitrogens with one attached hydrogen (secondary N) is 1. The molecule has 1 fully saturated rings. The molecule has 0 aliphatic heterocycles. The molecular formula is C15H23NO2S. The Morgan fingerprint density at radius 3 is 2.58 bits per heavy atom. The second-order valence-electron chi connectivity index (χ2n) is 5.03. The first-order valence-electron chi connectivity index (χ1n) is 6.95. The molecule has 1 aromatic carbocycles. The van der Waals surface area contributed by atoms with E-state index in [-0.39, 0.29) is 0 Å². The average molecular weight is 281 g/mol. The third kappa shape index (κ3) is 4.05. The lowest BCUT2D eigenvalue weighted by Gasteiger charge is -2.36. The minimum Gasteiger partial charge on any atom is -0.497 e. The quantitative estimate of drug-likeness (QED) is 0.833. The normalized spacial score (nSPS) is 23.7. The van der Waals surface area contributed by atoms with Gasteiger partial charge < -0.3 is 10.1 Å². The van der Waals surface area contributed by atoms with Crippen LogP contribution in [0.25, 0.3) is 0 Å². The van der Waals surface area contributed by atoms with Gasteiger partial charge in [-0.15, -0.1) is 0 Å². The van der Waals surface area contributed by atoms with Gasteiger partial charge in [0.15, 0.2) is 0 Å². The van der Waals surface area contributed by atoms with E-state index in [4.69, 9.17) is 4.74 Å². The Labute approximate surface area is 118 Å². The predicted octanol–water partition coefficient (Wildman–Crippen LogP) is 2.30. The van der Waals surface area contributed by atoms with Crippen LogP contribution in [-0.4, -0.2) is 35.4 Å². The van der Waals surface area contributed by atoms with Crippen LogP contribution >= 0.6 is 0 Å². The molecule has 2 rings (SSSR count). The molecule has 0 saturated heterocycles. The summed E-state index contributed by atoms with van der Waals surface area (Å²) in [7, 11) is 1.05. The molecule has 3 nitrogen and oxygen atoms in total. The van der Waals surface area contributed by atoms with Gasteiger partial charge in [0.05, 0.1) is 7.11 Å². The molecule has 1 aromatic rings. The van der Waals surface area contributed by atoms with Crippen LogP contribution in [0.15, 0.2) is 24.3 Å². The molecule has 1 unspecified atom stereocenters. The molecule has 0 amide bonds. The number of rotatable bonds is 7. The lowest BCUT2D eigenvalue weighted by Crippen LogP contribution is -2.41. The summed E-state index contributed by atoms with van der Waals surface area (Å²) in [5.74, 6) is 3.13. The Bertz CT molecular complexity index is 413. The van der Waals surface area contributed by atoms with Crippen molar-refractivity contribution in [1.29, 1.82) is 0 Å². The molecule has 0 radical (unpaired) electrons. The summed E-state index contributed by atoms with van der Waals surface area (Å²) in [5, 5.41) is 3.49. The van der Waals surface area contributed by atoms with Crippen LogP contribution in [0.1, 0.15) is 31.2 Å². The summed E-state index contributed by atoms with van der Waals surface area (Å²) in [4.78, 5) is 0. The van der Waals surface area contributed by atoms with Crippen LogP contribution in [0, 0.1) is 0 Å². The summed E-state index contributed by atoms with van der Waals surface area (Å²) in [5.41, 5.74) is 1.40. The summed E-state index contributed by atoms with van der Waals surface area (Å²) < 4.78 is 16.5.